The number of hydrogen-bond donors (Lipinski definition) is 6. The fourth-order valence-corrected chi connectivity index (χ4v) is 10.1. The lowest BCUT2D eigenvalue weighted by Gasteiger charge is -2.37. The van der Waals surface area contributed by atoms with Gasteiger partial charge in [-0.1, -0.05) is 71.0 Å². The minimum atomic E-state index is -0.596. The van der Waals surface area contributed by atoms with Gasteiger partial charge >= 0.3 is 12.2 Å². The van der Waals surface area contributed by atoms with Crippen LogP contribution in [0.5, 0.6) is 0 Å². The molecule has 0 unspecified atom stereocenters. The van der Waals surface area contributed by atoms with Crippen molar-refractivity contribution in [1.29, 1.82) is 0 Å². The third kappa shape index (κ3) is 18.8. The Kier molecular flexibility index (Phi) is 19.4. The molecule has 0 saturated heterocycles. The van der Waals surface area contributed by atoms with Gasteiger partial charge in [0.25, 0.3) is 11.8 Å². The van der Waals surface area contributed by atoms with Crippen LogP contribution in [-0.2, 0) is 31.9 Å². The Hall–Kier alpha value is -6.72. The number of carbonyl (C=O) groups excluding carboxylic acids is 6. The summed E-state index contributed by atoms with van der Waals surface area (Å²) in [5.74, 6) is 2.01. The van der Waals surface area contributed by atoms with Crippen LogP contribution in [-0.4, -0.2) is 93.6 Å². The molecular weight excluding hydrogens is 969 g/mol. The first kappa shape index (κ1) is 57.0. The van der Waals surface area contributed by atoms with E-state index in [-0.39, 0.29) is 84.6 Å². The van der Waals surface area contributed by atoms with Crippen LogP contribution in [0.1, 0.15) is 188 Å². The highest BCUT2D eigenvalue weighted by Gasteiger charge is 2.37. The summed E-state index contributed by atoms with van der Waals surface area (Å²) in [5.41, 5.74) is 1.84. The summed E-state index contributed by atoms with van der Waals surface area (Å²) in [6.07, 6.45) is 9.65. The van der Waals surface area contributed by atoms with Gasteiger partial charge in [0.05, 0.1) is 0 Å². The molecule has 4 aromatic rings. The van der Waals surface area contributed by atoms with Crippen LogP contribution in [0, 0.1) is 11.8 Å². The minimum absolute atomic E-state index is 0.00777. The lowest BCUT2D eigenvalue weighted by atomic mass is 9.78. The fraction of sp³-hybridized carbons (Fsp3) is 0.586. The van der Waals surface area contributed by atoms with E-state index in [9.17, 15) is 28.8 Å². The van der Waals surface area contributed by atoms with Crippen molar-refractivity contribution in [3.8, 4) is 0 Å². The van der Waals surface area contributed by atoms with Crippen molar-refractivity contribution in [3.63, 3.8) is 0 Å². The molecule has 0 aliphatic heterocycles. The Morgan fingerprint density at radius 2 is 0.908 bits per heavy atom. The third-order valence-corrected chi connectivity index (χ3v) is 14.0. The van der Waals surface area contributed by atoms with Crippen LogP contribution < -0.4 is 31.9 Å². The SMILES string of the molecule is C[C@H](CC(=O)N[C@@H]1CC[C@@H](NC(=O)c2cc(C3CC3)on2)[C@@H](Cc2ccccc2)C1)NC(=O)OC(C)(C)C.C[C@H](CC(=O)N[C@H]1CC[C@H](NC(=O)c2cc(C3CC3)on2)[C@H](Cc2ccccc2)C1)NC(=O)OC(C)(C)C. The molecule has 4 saturated carbocycles. The van der Waals surface area contributed by atoms with Crippen molar-refractivity contribution in [3.05, 3.63) is 107 Å². The number of amides is 6. The van der Waals surface area contributed by atoms with Crippen molar-refractivity contribution in [1.82, 2.24) is 42.2 Å². The Balaban J connectivity index is 0.000000221. The zero-order valence-corrected chi connectivity index (χ0v) is 45.6. The van der Waals surface area contributed by atoms with E-state index in [0.717, 1.165) is 88.6 Å². The molecule has 6 N–H and O–H groups in total. The summed E-state index contributed by atoms with van der Waals surface area (Å²) in [6, 6.07) is 23.1. The maximum absolute atomic E-state index is 13.0. The largest absolute Gasteiger partial charge is 0.444 e. The molecule has 8 rings (SSSR count). The summed E-state index contributed by atoms with van der Waals surface area (Å²) in [6.45, 7) is 14.4. The van der Waals surface area contributed by atoms with Gasteiger partial charge in [0.1, 0.15) is 22.7 Å². The average molecular weight is 1050 g/mol. The second kappa shape index (κ2) is 25.9. The normalized spacial score (nSPS) is 22.3. The molecule has 4 fully saturated rings. The number of aromatic nitrogens is 2. The van der Waals surface area contributed by atoms with E-state index in [2.05, 4.69) is 66.5 Å². The van der Waals surface area contributed by atoms with E-state index in [1.54, 1.807) is 67.5 Å². The predicted octanol–water partition coefficient (Wildman–Crippen LogP) is 8.96. The van der Waals surface area contributed by atoms with Gasteiger partial charge in [-0.25, -0.2) is 9.59 Å². The minimum Gasteiger partial charge on any atom is -0.444 e. The zero-order chi connectivity index (χ0) is 54.6. The molecule has 2 aromatic heterocycles. The smallest absolute Gasteiger partial charge is 0.407 e. The van der Waals surface area contributed by atoms with E-state index in [1.165, 1.54) is 11.1 Å². The number of rotatable bonds is 18. The number of alkyl carbamates (subject to hydrolysis) is 2. The topological polar surface area (TPSA) is 245 Å². The van der Waals surface area contributed by atoms with Crippen molar-refractivity contribution in [2.45, 2.75) is 205 Å². The van der Waals surface area contributed by atoms with E-state index in [4.69, 9.17) is 18.5 Å². The van der Waals surface area contributed by atoms with Crippen LogP contribution in [0.15, 0.2) is 81.8 Å². The van der Waals surface area contributed by atoms with Gasteiger partial charge in [-0.3, -0.25) is 19.2 Å². The van der Waals surface area contributed by atoms with Crippen LogP contribution in [0.25, 0.3) is 0 Å². The molecule has 18 heteroatoms. The summed E-state index contributed by atoms with van der Waals surface area (Å²) < 4.78 is 21.3. The second-order valence-electron chi connectivity index (χ2n) is 23.5. The number of ether oxygens (including phenoxy) is 2. The predicted molar refractivity (Wildman–Crippen MR) is 285 cm³/mol. The number of benzene rings is 2. The molecule has 0 spiro atoms. The van der Waals surface area contributed by atoms with Crippen LogP contribution in [0.2, 0.25) is 0 Å². The molecule has 2 aromatic carbocycles. The van der Waals surface area contributed by atoms with Crippen molar-refractivity contribution in [2.75, 3.05) is 0 Å². The van der Waals surface area contributed by atoms with Gasteiger partial charge in [0.2, 0.25) is 11.8 Å². The number of carbonyl (C=O) groups is 6. The first-order chi connectivity index (χ1) is 36.1. The van der Waals surface area contributed by atoms with Gasteiger partial charge < -0.3 is 50.4 Å². The first-order valence-electron chi connectivity index (χ1n) is 27.3. The highest BCUT2D eigenvalue weighted by atomic mass is 16.6. The molecule has 8 atom stereocenters. The third-order valence-electron chi connectivity index (χ3n) is 14.0. The molecule has 2 heterocycles. The van der Waals surface area contributed by atoms with Gasteiger partial charge in [-0.15, -0.1) is 0 Å². The van der Waals surface area contributed by atoms with Crippen LogP contribution in [0.3, 0.4) is 0 Å². The maximum Gasteiger partial charge on any atom is 0.407 e. The number of hydrogen-bond acceptors (Lipinski definition) is 12. The van der Waals surface area contributed by atoms with Crippen LogP contribution >= 0.6 is 0 Å². The molecule has 4 aliphatic rings. The Morgan fingerprint density at radius 1 is 0.539 bits per heavy atom. The summed E-state index contributed by atoms with van der Waals surface area (Å²) in [4.78, 5) is 75.5. The molecule has 4 aliphatic carbocycles. The molecular formula is C58H80N8O10. The lowest BCUT2D eigenvalue weighted by Crippen LogP contribution is -2.50. The fourth-order valence-electron chi connectivity index (χ4n) is 10.1. The van der Waals surface area contributed by atoms with E-state index in [1.807, 2.05) is 36.4 Å². The number of nitrogens with zero attached hydrogens (tertiary/aromatic N) is 2. The molecule has 18 nitrogen and oxygen atoms in total. The molecule has 0 bridgehead atoms. The van der Waals surface area contributed by atoms with Crippen LogP contribution in [0.4, 0.5) is 9.59 Å². The van der Waals surface area contributed by atoms with Gasteiger partial charge in [0, 0.05) is 73.1 Å². The number of nitrogens with one attached hydrogen (secondary N) is 6. The van der Waals surface area contributed by atoms with Gasteiger partial charge in [-0.2, -0.15) is 0 Å². The molecule has 0 radical (unpaired) electrons. The molecule has 6 amide bonds. The van der Waals surface area contributed by atoms with Gasteiger partial charge in [0.15, 0.2) is 11.4 Å². The first-order valence-corrected chi connectivity index (χ1v) is 27.3. The molecule has 412 valence electrons. The van der Waals surface area contributed by atoms with Crippen molar-refractivity contribution >= 4 is 35.8 Å². The lowest BCUT2D eigenvalue weighted by molar-refractivity contribution is -0.123. The Morgan fingerprint density at radius 3 is 1.25 bits per heavy atom. The Labute approximate surface area is 447 Å². The molecule has 76 heavy (non-hydrogen) atoms. The highest BCUT2D eigenvalue weighted by Crippen LogP contribution is 2.41. The summed E-state index contributed by atoms with van der Waals surface area (Å²) in [5, 5.41) is 26.1. The van der Waals surface area contributed by atoms with Crippen molar-refractivity contribution in [2.24, 2.45) is 11.8 Å². The highest BCUT2D eigenvalue weighted by molar-refractivity contribution is 5.93. The average Bonchev–Trinajstić information content (AvgIpc) is 4.27. The summed E-state index contributed by atoms with van der Waals surface area (Å²) in [7, 11) is 0. The van der Waals surface area contributed by atoms with Crippen molar-refractivity contribution < 1.29 is 47.3 Å². The Bertz CT molecular complexity index is 2390. The van der Waals surface area contributed by atoms with E-state index < -0.39 is 23.4 Å². The monoisotopic (exact) mass is 1050 g/mol. The van der Waals surface area contributed by atoms with Gasteiger partial charge in [-0.05, 0) is 155 Å². The maximum atomic E-state index is 13.0. The van der Waals surface area contributed by atoms with E-state index in [0.29, 0.717) is 23.2 Å². The second-order valence-corrected chi connectivity index (χ2v) is 23.5. The summed E-state index contributed by atoms with van der Waals surface area (Å²) >= 11 is 0. The quantitative estimate of drug-likeness (QED) is 0.0547. The van der Waals surface area contributed by atoms with E-state index >= 15 is 0 Å². The standard InChI is InChI=1S/2C29H40N4O5/c2*1-18(30-28(36)37-29(2,3)4)14-26(34)31-22-12-13-23(21(16-22)15-19-8-6-5-7-9-19)32-27(35)24-17-25(38-33-24)20-10-11-20/h2*5-9,17-18,20-23H,10-16H2,1-4H3,(H,30,36)(H,31,34)(H,32,35)/t18-,21+,22-,23-;18-,21-,22+,23+/m11/s1. The zero-order valence-electron chi connectivity index (χ0n) is 45.6.